The van der Waals surface area contributed by atoms with Gasteiger partial charge in [-0.3, -0.25) is 24.0 Å². The molecule has 1 aliphatic rings. The highest BCUT2D eigenvalue weighted by Gasteiger charge is 2.27. The van der Waals surface area contributed by atoms with Gasteiger partial charge in [-0.1, -0.05) is 36.8 Å². The Hall–Kier alpha value is -3.43. The maximum Gasteiger partial charge on any atom is 0.242 e. The zero-order valence-corrected chi connectivity index (χ0v) is 21.1. The van der Waals surface area contributed by atoms with Crippen LogP contribution in [0.1, 0.15) is 51.2 Å². The molecule has 1 aromatic carbocycles. The maximum atomic E-state index is 13.3. The summed E-state index contributed by atoms with van der Waals surface area (Å²) in [6.45, 7) is 7.29. The molecule has 10 nitrogen and oxygen atoms in total. The number of benzene rings is 1. The smallest absolute Gasteiger partial charge is 0.242 e. The van der Waals surface area contributed by atoms with E-state index in [2.05, 4.69) is 16.0 Å². The summed E-state index contributed by atoms with van der Waals surface area (Å²) in [7, 11) is 0. The van der Waals surface area contributed by atoms with Crippen LogP contribution in [0, 0.1) is 6.92 Å². The SMILES string of the molecule is CCC(C)N1CC(=O)N[C@@H](C)C(=O)NCCC(=O)NCCC(=O)N(Cc2ccc(C)cc2)CC1=O. The van der Waals surface area contributed by atoms with Gasteiger partial charge in [0.1, 0.15) is 12.6 Å². The minimum absolute atomic E-state index is 0.0259. The fraction of sp³-hybridized carbons (Fsp3) is 0.560. The van der Waals surface area contributed by atoms with Gasteiger partial charge in [0.2, 0.25) is 29.5 Å². The quantitative estimate of drug-likeness (QED) is 0.569. The van der Waals surface area contributed by atoms with Crippen LogP contribution in [-0.2, 0) is 30.5 Å². The van der Waals surface area contributed by atoms with Crippen molar-refractivity contribution in [1.82, 2.24) is 25.8 Å². The van der Waals surface area contributed by atoms with Crippen molar-refractivity contribution in [1.29, 1.82) is 0 Å². The summed E-state index contributed by atoms with van der Waals surface area (Å²) in [6, 6.07) is 6.62. The van der Waals surface area contributed by atoms with Gasteiger partial charge in [0.25, 0.3) is 0 Å². The van der Waals surface area contributed by atoms with E-state index in [9.17, 15) is 24.0 Å². The number of amides is 5. The van der Waals surface area contributed by atoms with Crippen LogP contribution >= 0.6 is 0 Å². The van der Waals surface area contributed by atoms with Crippen LogP contribution in [0.2, 0.25) is 0 Å². The van der Waals surface area contributed by atoms with Crippen molar-refractivity contribution in [3.05, 3.63) is 35.4 Å². The topological polar surface area (TPSA) is 128 Å². The van der Waals surface area contributed by atoms with E-state index in [1.807, 2.05) is 45.0 Å². The van der Waals surface area contributed by atoms with Crippen molar-refractivity contribution < 1.29 is 24.0 Å². The number of carbonyl (C=O) groups is 5. The van der Waals surface area contributed by atoms with Crippen LogP contribution in [-0.4, -0.2) is 77.6 Å². The first-order valence-electron chi connectivity index (χ1n) is 12.1. The third kappa shape index (κ3) is 9.03. The normalized spacial score (nSPS) is 20.6. The fourth-order valence-electron chi connectivity index (χ4n) is 3.63. The lowest BCUT2D eigenvalue weighted by Gasteiger charge is -2.31. The van der Waals surface area contributed by atoms with Gasteiger partial charge in [0, 0.05) is 38.5 Å². The Morgan fingerprint density at radius 1 is 0.914 bits per heavy atom. The average molecular weight is 488 g/mol. The van der Waals surface area contributed by atoms with E-state index >= 15 is 0 Å². The van der Waals surface area contributed by atoms with Crippen molar-refractivity contribution >= 4 is 29.5 Å². The van der Waals surface area contributed by atoms with Gasteiger partial charge in [-0.2, -0.15) is 0 Å². The minimum Gasteiger partial charge on any atom is -0.356 e. The Morgan fingerprint density at radius 2 is 1.57 bits per heavy atom. The standard InChI is InChI=1S/C25H37N5O5/c1-5-18(3)30-15-22(32)28-19(4)25(35)27-12-10-21(31)26-13-11-23(33)29(16-24(30)34)14-20-8-6-17(2)7-9-20/h6-9,18-19H,5,10-16H2,1-4H3,(H,26,31)(H,27,35)(H,28,32)/t18?,19-/m0/s1. The Labute approximate surface area is 206 Å². The Bertz CT molecular complexity index is 917. The lowest BCUT2D eigenvalue weighted by Crippen LogP contribution is -2.52. The van der Waals surface area contributed by atoms with Gasteiger partial charge in [-0.05, 0) is 32.8 Å². The largest absolute Gasteiger partial charge is 0.356 e. The predicted octanol–water partition coefficient (Wildman–Crippen LogP) is 0.482. The zero-order chi connectivity index (χ0) is 26.0. The molecule has 0 bridgehead atoms. The number of hydrogen-bond donors (Lipinski definition) is 3. The first kappa shape index (κ1) is 27.8. The summed E-state index contributed by atoms with van der Waals surface area (Å²) in [5.74, 6) is -1.83. The summed E-state index contributed by atoms with van der Waals surface area (Å²) >= 11 is 0. The van der Waals surface area contributed by atoms with E-state index in [0.29, 0.717) is 6.42 Å². The van der Waals surface area contributed by atoms with Crippen LogP contribution in [0.15, 0.2) is 24.3 Å². The van der Waals surface area contributed by atoms with E-state index in [-0.39, 0.29) is 69.3 Å². The van der Waals surface area contributed by atoms with Crippen molar-refractivity contribution in [2.45, 2.75) is 65.6 Å². The Kier molecular flexibility index (Phi) is 10.7. The molecule has 35 heavy (non-hydrogen) atoms. The van der Waals surface area contributed by atoms with E-state index in [0.717, 1.165) is 11.1 Å². The second kappa shape index (κ2) is 13.5. The van der Waals surface area contributed by atoms with E-state index < -0.39 is 17.9 Å². The number of carbonyl (C=O) groups excluding carboxylic acids is 5. The molecular weight excluding hydrogens is 450 g/mol. The molecule has 1 unspecified atom stereocenters. The number of aryl methyl sites for hydroxylation is 1. The number of rotatable bonds is 4. The molecule has 3 N–H and O–H groups in total. The van der Waals surface area contributed by atoms with Crippen LogP contribution in [0.3, 0.4) is 0 Å². The third-order valence-corrected chi connectivity index (χ3v) is 6.01. The van der Waals surface area contributed by atoms with Crippen molar-refractivity contribution in [3.8, 4) is 0 Å². The van der Waals surface area contributed by atoms with Gasteiger partial charge in [-0.15, -0.1) is 0 Å². The number of hydrogen-bond acceptors (Lipinski definition) is 5. The van der Waals surface area contributed by atoms with E-state index in [1.54, 1.807) is 6.92 Å². The van der Waals surface area contributed by atoms with E-state index in [4.69, 9.17) is 0 Å². The maximum absolute atomic E-state index is 13.3. The predicted molar refractivity (Wildman–Crippen MR) is 131 cm³/mol. The van der Waals surface area contributed by atoms with Crippen LogP contribution < -0.4 is 16.0 Å². The summed E-state index contributed by atoms with van der Waals surface area (Å²) < 4.78 is 0. The fourth-order valence-corrected chi connectivity index (χ4v) is 3.63. The van der Waals surface area contributed by atoms with Gasteiger partial charge in [-0.25, -0.2) is 0 Å². The van der Waals surface area contributed by atoms with Gasteiger partial charge in [0.15, 0.2) is 0 Å². The monoisotopic (exact) mass is 487 g/mol. The van der Waals surface area contributed by atoms with Gasteiger partial charge < -0.3 is 25.8 Å². The molecule has 2 atom stereocenters. The molecule has 1 heterocycles. The molecule has 0 spiro atoms. The Balaban J connectivity index is 2.28. The highest BCUT2D eigenvalue weighted by atomic mass is 16.2. The molecule has 2 rings (SSSR count). The summed E-state index contributed by atoms with van der Waals surface area (Å²) in [5, 5.41) is 7.89. The molecule has 5 amide bonds. The second-order valence-electron chi connectivity index (χ2n) is 8.94. The second-order valence-corrected chi connectivity index (χ2v) is 8.94. The zero-order valence-electron chi connectivity index (χ0n) is 21.1. The summed E-state index contributed by atoms with van der Waals surface area (Å²) in [5.41, 5.74) is 1.96. The molecule has 192 valence electrons. The molecule has 0 radical (unpaired) electrons. The van der Waals surface area contributed by atoms with E-state index in [1.165, 1.54) is 9.80 Å². The van der Waals surface area contributed by atoms with Crippen molar-refractivity contribution in [3.63, 3.8) is 0 Å². The Morgan fingerprint density at radius 3 is 2.23 bits per heavy atom. The number of nitrogens with one attached hydrogen (secondary N) is 3. The molecule has 0 aromatic heterocycles. The molecule has 1 fully saturated rings. The summed E-state index contributed by atoms with van der Waals surface area (Å²) in [4.78, 5) is 66.2. The van der Waals surface area contributed by atoms with Gasteiger partial charge in [0.05, 0.1) is 6.54 Å². The molecule has 1 aromatic rings. The highest BCUT2D eigenvalue weighted by molar-refractivity contribution is 5.91. The number of nitrogens with zero attached hydrogens (tertiary/aromatic N) is 2. The molecular formula is C25H37N5O5. The van der Waals surface area contributed by atoms with Gasteiger partial charge >= 0.3 is 0 Å². The highest BCUT2D eigenvalue weighted by Crippen LogP contribution is 2.11. The first-order chi connectivity index (χ1) is 16.6. The third-order valence-electron chi connectivity index (χ3n) is 6.01. The van der Waals surface area contributed by atoms with Crippen LogP contribution in [0.25, 0.3) is 0 Å². The molecule has 1 saturated heterocycles. The summed E-state index contributed by atoms with van der Waals surface area (Å²) in [6.07, 6.45) is 0.693. The van der Waals surface area contributed by atoms with Crippen LogP contribution in [0.5, 0.6) is 0 Å². The van der Waals surface area contributed by atoms with Crippen molar-refractivity contribution in [2.75, 3.05) is 26.2 Å². The van der Waals surface area contributed by atoms with Crippen LogP contribution in [0.4, 0.5) is 0 Å². The molecule has 1 aliphatic heterocycles. The minimum atomic E-state index is -0.824. The lowest BCUT2D eigenvalue weighted by molar-refractivity contribution is -0.144. The molecule has 0 aliphatic carbocycles. The van der Waals surface area contributed by atoms with Crippen molar-refractivity contribution in [2.24, 2.45) is 0 Å². The lowest BCUT2D eigenvalue weighted by atomic mass is 10.1. The average Bonchev–Trinajstić information content (AvgIpc) is 2.82. The molecule has 10 heteroatoms. The first-order valence-corrected chi connectivity index (χ1v) is 12.1. The molecule has 0 saturated carbocycles.